The fraction of sp³-hybridized carbons (Fsp3) is 0.294. The number of rotatable bonds is 3. The molecule has 1 N–H and O–H groups in total. The molecule has 0 aliphatic carbocycles. The van der Waals surface area contributed by atoms with Crippen LogP contribution in [0.15, 0.2) is 60.7 Å². The first-order valence-corrected chi connectivity index (χ1v) is 9.53. The van der Waals surface area contributed by atoms with Crippen LogP contribution in [0.5, 0.6) is 0 Å². The first kappa shape index (κ1) is 15.4. The van der Waals surface area contributed by atoms with Crippen molar-refractivity contribution in [3.05, 3.63) is 60.7 Å². The van der Waals surface area contributed by atoms with Crippen LogP contribution in [0, 0.1) is 0 Å². The zero-order valence-corrected chi connectivity index (χ0v) is 14.2. The molecule has 2 bridgehead atoms. The molecule has 4 atom stereocenters. The normalized spacial score (nSPS) is 30.2. The summed E-state index contributed by atoms with van der Waals surface area (Å²) in [5, 5.41) is 10.4. The van der Waals surface area contributed by atoms with E-state index in [0.717, 1.165) is 5.46 Å². The van der Waals surface area contributed by atoms with E-state index in [2.05, 4.69) is 12.1 Å². The second-order valence-electron chi connectivity index (χ2n) is 5.64. The Bertz CT molecular complexity index is 642. The van der Waals surface area contributed by atoms with Gasteiger partial charge in [-0.05, 0) is 0 Å². The van der Waals surface area contributed by atoms with Crippen molar-refractivity contribution < 1.29 is 19.2 Å². The summed E-state index contributed by atoms with van der Waals surface area (Å²) in [6.45, 7) is 0.406. The molecule has 0 spiro atoms. The van der Waals surface area contributed by atoms with Crippen LogP contribution in [0.25, 0.3) is 0 Å². The van der Waals surface area contributed by atoms with E-state index in [1.54, 1.807) is 0 Å². The van der Waals surface area contributed by atoms with Crippen molar-refractivity contribution in [1.82, 2.24) is 0 Å². The topological polar surface area (TPSA) is 47.9 Å². The van der Waals surface area contributed by atoms with Crippen molar-refractivity contribution in [1.29, 1.82) is 0 Å². The number of hydrogen-bond donors (Lipinski definition) is 1. The van der Waals surface area contributed by atoms with Gasteiger partial charge in [-0.25, -0.2) is 0 Å². The molecule has 2 aliphatic heterocycles. The number of fused-ring (bicyclic) bond motifs is 2. The average Bonchev–Trinajstić information content (AvgIpc) is 2.59. The fourth-order valence-electron chi connectivity index (χ4n) is 2.86. The van der Waals surface area contributed by atoms with Crippen LogP contribution in [-0.2, 0) is 14.0 Å². The van der Waals surface area contributed by atoms with Gasteiger partial charge in [0, 0.05) is 0 Å². The summed E-state index contributed by atoms with van der Waals surface area (Å²) in [6.07, 6.45) is -1.33. The van der Waals surface area contributed by atoms with Gasteiger partial charge in [0.1, 0.15) is 0 Å². The molecule has 2 fully saturated rings. The van der Waals surface area contributed by atoms with Crippen LogP contribution in [0.1, 0.15) is 0 Å². The average molecular weight is 375 g/mol. The molecule has 23 heavy (non-hydrogen) atoms. The van der Waals surface area contributed by atoms with E-state index in [4.69, 9.17) is 14.0 Å². The van der Waals surface area contributed by atoms with Gasteiger partial charge >= 0.3 is 142 Å². The number of benzene rings is 2. The molecule has 2 aromatic carbocycles. The Balaban J connectivity index is 1.53. The van der Waals surface area contributed by atoms with Crippen molar-refractivity contribution in [3.8, 4) is 0 Å². The molecule has 4 nitrogen and oxygen atoms in total. The van der Waals surface area contributed by atoms with Crippen LogP contribution in [0.3, 0.4) is 0 Å². The number of aliphatic hydroxyl groups excluding tert-OH is 1. The van der Waals surface area contributed by atoms with E-state index < -0.39 is 13.2 Å². The van der Waals surface area contributed by atoms with Gasteiger partial charge in [-0.3, -0.25) is 0 Å². The third kappa shape index (κ3) is 3.24. The Morgan fingerprint density at radius 2 is 1.65 bits per heavy atom. The Hall–Kier alpha value is -1.14. The van der Waals surface area contributed by atoms with Crippen molar-refractivity contribution in [2.24, 2.45) is 0 Å². The molecule has 0 aromatic heterocycles. The van der Waals surface area contributed by atoms with Gasteiger partial charge in [0.05, 0.1) is 0 Å². The quantitative estimate of drug-likeness (QED) is 0.763. The van der Waals surface area contributed by atoms with Crippen LogP contribution in [-0.4, -0.2) is 57.1 Å². The molecule has 2 aromatic rings. The molecule has 2 aliphatic rings. The van der Waals surface area contributed by atoms with Crippen LogP contribution in [0.4, 0.5) is 0 Å². The molecule has 0 saturated carbocycles. The molecular weight excluding hydrogens is 358 g/mol. The molecule has 0 unspecified atom stereocenters. The van der Waals surface area contributed by atoms with Crippen LogP contribution in [0.2, 0.25) is 0 Å². The van der Waals surface area contributed by atoms with E-state index >= 15 is 0 Å². The van der Waals surface area contributed by atoms with Gasteiger partial charge in [-0.1, -0.05) is 0 Å². The third-order valence-electron chi connectivity index (χ3n) is 4.06. The third-order valence-corrected chi connectivity index (χ3v) is 6.53. The van der Waals surface area contributed by atoms with Gasteiger partial charge in [0.15, 0.2) is 0 Å². The van der Waals surface area contributed by atoms with Crippen LogP contribution < -0.4 is 9.92 Å². The van der Waals surface area contributed by atoms with Gasteiger partial charge < -0.3 is 0 Å². The Kier molecular flexibility index (Phi) is 4.53. The second kappa shape index (κ2) is 6.77. The zero-order chi connectivity index (χ0) is 15.6. The molecule has 6 heteroatoms. The summed E-state index contributed by atoms with van der Waals surface area (Å²) in [5.41, 5.74) is 0.974. The molecule has 0 radical (unpaired) electrons. The molecule has 4 rings (SSSR count). The van der Waals surface area contributed by atoms with Crippen LogP contribution >= 0.6 is 0 Å². The second-order valence-corrected chi connectivity index (χ2v) is 8.10. The minimum absolute atomic E-state index is 0.0798. The molecule has 2 heterocycles. The molecule has 118 valence electrons. The minimum atomic E-state index is -0.640. The number of ether oxygens (including phenoxy) is 1. The summed E-state index contributed by atoms with van der Waals surface area (Å²) in [5.74, 6) is 0. The van der Waals surface area contributed by atoms with E-state index in [1.165, 1.54) is 4.46 Å². The van der Waals surface area contributed by atoms with E-state index in [9.17, 15) is 5.11 Å². The molecule has 2 saturated heterocycles. The Morgan fingerprint density at radius 1 is 0.957 bits per heavy atom. The summed E-state index contributed by atoms with van der Waals surface area (Å²) in [6, 6.07) is 20.1. The molecule has 0 amide bonds. The summed E-state index contributed by atoms with van der Waals surface area (Å²) < 4.78 is 19.1. The van der Waals surface area contributed by atoms with E-state index in [1.807, 2.05) is 48.5 Å². The standard InChI is InChI=1S/C17H17BO4Se/c19-15-14-11-20-17(23-13-9-5-2-6-10-13)16(15)22-18(21-14)12-7-3-1-4-8-12/h1-10,14-17,19H,11H2/t14-,15+,16-,17+/m1/s1. The van der Waals surface area contributed by atoms with Gasteiger partial charge in [0.2, 0.25) is 0 Å². The van der Waals surface area contributed by atoms with Crippen molar-refractivity contribution in [2.75, 3.05) is 6.61 Å². The summed E-state index contributed by atoms with van der Waals surface area (Å²) in [4.78, 5) is 0. The maximum absolute atomic E-state index is 10.5. The Morgan fingerprint density at radius 3 is 2.39 bits per heavy atom. The van der Waals surface area contributed by atoms with E-state index in [0.29, 0.717) is 6.61 Å². The fourth-order valence-corrected chi connectivity index (χ4v) is 5.14. The van der Waals surface area contributed by atoms with Gasteiger partial charge in [-0.15, -0.1) is 0 Å². The van der Waals surface area contributed by atoms with Gasteiger partial charge in [0.25, 0.3) is 0 Å². The van der Waals surface area contributed by atoms with Crippen molar-refractivity contribution >= 4 is 32.0 Å². The van der Waals surface area contributed by atoms with E-state index in [-0.39, 0.29) is 32.2 Å². The maximum atomic E-state index is 10.5. The number of hydrogen-bond acceptors (Lipinski definition) is 4. The first-order chi connectivity index (χ1) is 11.3. The van der Waals surface area contributed by atoms with Gasteiger partial charge in [-0.2, -0.15) is 0 Å². The predicted molar refractivity (Wildman–Crippen MR) is 89.2 cm³/mol. The number of aliphatic hydroxyl groups is 1. The van der Waals surface area contributed by atoms with Crippen molar-refractivity contribution in [3.63, 3.8) is 0 Å². The molecular formula is C17H17BO4Se. The zero-order valence-electron chi connectivity index (χ0n) is 12.4. The van der Waals surface area contributed by atoms with Crippen molar-refractivity contribution in [2.45, 2.75) is 23.3 Å². The SMILES string of the molecule is O[C@@H]1[C@H]2OB(c3ccccc3)O[C@@H]1CO[C@H]2[Se]c1ccccc1. The monoisotopic (exact) mass is 376 g/mol. The Labute approximate surface area is 142 Å². The predicted octanol–water partition coefficient (Wildman–Crippen LogP) is -0.0873. The summed E-state index contributed by atoms with van der Waals surface area (Å²) in [7, 11) is -0.437. The summed E-state index contributed by atoms with van der Waals surface area (Å²) >= 11 is 0.0798. The first-order valence-electron chi connectivity index (χ1n) is 7.68.